The minimum absolute atomic E-state index is 0.0943. The molecule has 0 bridgehead atoms. The van der Waals surface area contributed by atoms with E-state index in [0.717, 1.165) is 22.1 Å². The lowest BCUT2D eigenvalue weighted by atomic mass is 10.1. The molecule has 2 aromatic rings. The van der Waals surface area contributed by atoms with Crippen LogP contribution in [0.25, 0.3) is 0 Å². The Morgan fingerprint density at radius 2 is 1.86 bits per heavy atom. The fourth-order valence-corrected chi connectivity index (χ4v) is 2.81. The first-order chi connectivity index (χ1) is 10.1. The van der Waals surface area contributed by atoms with Crippen LogP contribution in [-0.4, -0.2) is 5.91 Å². The Bertz CT molecular complexity index is 620. The molecule has 1 N–H and O–H groups in total. The number of amides is 1. The maximum absolute atomic E-state index is 12.3. The number of benzene rings is 2. The van der Waals surface area contributed by atoms with Crippen LogP contribution in [0.5, 0.6) is 0 Å². The summed E-state index contributed by atoms with van der Waals surface area (Å²) >= 11 is 3.44. The van der Waals surface area contributed by atoms with Crippen molar-refractivity contribution in [2.24, 2.45) is 0 Å². The van der Waals surface area contributed by atoms with Crippen LogP contribution in [0.1, 0.15) is 41.3 Å². The second-order valence-corrected chi connectivity index (χ2v) is 6.09. The minimum Gasteiger partial charge on any atom is -0.322 e. The number of nitrogens with one attached hydrogen (secondary N) is 1. The van der Waals surface area contributed by atoms with Crippen LogP contribution < -0.4 is 5.32 Å². The number of unbranched alkanes of at least 4 members (excludes halogenated alkanes) is 1. The van der Waals surface area contributed by atoms with Gasteiger partial charge in [-0.3, -0.25) is 4.79 Å². The number of aryl methyl sites for hydroxylation is 2. The van der Waals surface area contributed by atoms with Crippen LogP contribution >= 0.6 is 15.9 Å². The van der Waals surface area contributed by atoms with Gasteiger partial charge in [0.15, 0.2) is 0 Å². The molecule has 0 fully saturated rings. The van der Waals surface area contributed by atoms with Crippen LogP contribution in [0, 0.1) is 6.92 Å². The van der Waals surface area contributed by atoms with Crippen LogP contribution in [0.3, 0.4) is 0 Å². The third-order valence-electron chi connectivity index (χ3n) is 3.40. The van der Waals surface area contributed by atoms with Crippen molar-refractivity contribution >= 4 is 27.5 Å². The molecule has 0 aromatic heterocycles. The van der Waals surface area contributed by atoms with E-state index in [1.54, 1.807) is 0 Å². The highest BCUT2D eigenvalue weighted by Gasteiger charge is 2.10. The predicted molar refractivity (Wildman–Crippen MR) is 91.9 cm³/mol. The van der Waals surface area contributed by atoms with Gasteiger partial charge < -0.3 is 5.32 Å². The second-order valence-electron chi connectivity index (χ2n) is 5.24. The normalized spacial score (nSPS) is 10.4. The molecule has 1 amide bonds. The fraction of sp³-hybridized carbons (Fsp3) is 0.278. The van der Waals surface area contributed by atoms with E-state index < -0.39 is 0 Å². The molecule has 21 heavy (non-hydrogen) atoms. The molecule has 0 aliphatic rings. The van der Waals surface area contributed by atoms with Crippen molar-refractivity contribution in [1.82, 2.24) is 0 Å². The predicted octanol–water partition coefficient (Wildman–Crippen LogP) is 5.35. The van der Waals surface area contributed by atoms with Crippen molar-refractivity contribution in [1.29, 1.82) is 0 Å². The summed E-state index contributed by atoms with van der Waals surface area (Å²) in [5, 5.41) is 2.93. The molecular weight excluding hydrogens is 326 g/mol. The lowest BCUT2D eigenvalue weighted by molar-refractivity contribution is 0.102. The van der Waals surface area contributed by atoms with Gasteiger partial charge in [0, 0.05) is 10.2 Å². The number of hydrogen-bond donors (Lipinski definition) is 1. The van der Waals surface area contributed by atoms with Crippen molar-refractivity contribution in [2.45, 2.75) is 33.1 Å². The average Bonchev–Trinajstić information content (AvgIpc) is 2.46. The number of carbonyl (C=O) groups excluding carboxylic acids is 1. The molecule has 0 atom stereocenters. The molecule has 2 nitrogen and oxygen atoms in total. The van der Waals surface area contributed by atoms with Gasteiger partial charge in [-0.15, -0.1) is 0 Å². The van der Waals surface area contributed by atoms with Gasteiger partial charge in [-0.2, -0.15) is 0 Å². The van der Waals surface area contributed by atoms with E-state index in [1.165, 1.54) is 18.4 Å². The molecule has 0 aliphatic heterocycles. The van der Waals surface area contributed by atoms with Crippen LogP contribution in [0.4, 0.5) is 5.69 Å². The van der Waals surface area contributed by atoms with E-state index in [2.05, 4.69) is 40.3 Å². The number of hydrogen-bond acceptors (Lipinski definition) is 1. The molecule has 0 saturated heterocycles. The maximum atomic E-state index is 12.3. The van der Waals surface area contributed by atoms with E-state index in [4.69, 9.17) is 0 Å². The van der Waals surface area contributed by atoms with Crippen molar-refractivity contribution < 1.29 is 4.79 Å². The Balaban J connectivity index is 2.05. The van der Waals surface area contributed by atoms with Crippen molar-refractivity contribution in [3.63, 3.8) is 0 Å². The highest BCUT2D eigenvalue weighted by Crippen LogP contribution is 2.20. The number of rotatable bonds is 5. The first kappa shape index (κ1) is 15.8. The Kier molecular flexibility index (Phi) is 5.57. The SMILES string of the molecule is CCCCc1ccc(NC(=O)c2ccc(C)cc2Br)cc1. The lowest BCUT2D eigenvalue weighted by Crippen LogP contribution is -2.12. The Morgan fingerprint density at radius 1 is 1.14 bits per heavy atom. The quantitative estimate of drug-likeness (QED) is 0.777. The third-order valence-corrected chi connectivity index (χ3v) is 4.06. The molecule has 2 aromatic carbocycles. The number of carbonyl (C=O) groups is 1. The van der Waals surface area contributed by atoms with E-state index in [9.17, 15) is 4.79 Å². The van der Waals surface area contributed by atoms with Gasteiger partial charge in [0.1, 0.15) is 0 Å². The topological polar surface area (TPSA) is 29.1 Å². The van der Waals surface area contributed by atoms with Crippen molar-refractivity contribution in [2.75, 3.05) is 5.32 Å². The van der Waals surface area contributed by atoms with Crippen LogP contribution in [0.2, 0.25) is 0 Å². The largest absolute Gasteiger partial charge is 0.322 e. The summed E-state index contributed by atoms with van der Waals surface area (Å²) < 4.78 is 0.819. The zero-order chi connectivity index (χ0) is 15.2. The molecule has 2 rings (SSSR count). The van der Waals surface area contributed by atoms with E-state index in [0.29, 0.717) is 5.56 Å². The lowest BCUT2D eigenvalue weighted by Gasteiger charge is -2.08. The summed E-state index contributed by atoms with van der Waals surface area (Å²) in [5.74, 6) is -0.0943. The van der Waals surface area contributed by atoms with Gasteiger partial charge in [-0.1, -0.05) is 31.5 Å². The molecular formula is C18H20BrNO. The molecule has 3 heteroatoms. The maximum Gasteiger partial charge on any atom is 0.256 e. The molecule has 0 spiro atoms. The Labute approximate surface area is 134 Å². The average molecular weight is 346 g/mol. The van der Waals surface area contributed by atoms with Crippen molar-refractivity contribution in [3.05, 3.63) is 63.6 Å². The van der Waals surface area contributed by atoms with Gasteiger partial charge in [0.05, 0.1) is 5.56 Å². The molecule has 110 valence electrons. The number of anilines is 1. The summed E-state index contributed by atoms with van der Waals surface area (Å²) in [4.78, 5) is 12.3. The van der Waals surface area contributed by atoms with Gasteiger partial charge in [-0.25, -0.2) is 0 Å². The molecule has 0 aliphatic carbocycles. The smallest absolute Gasteiger partial charge is 0.256 e. The van der Waals surface area contributed by atoms with Crippen LogP contribution in [0.15, 0.2) is 46.9 Å². The summed E-state index contributed by atoms with van der Waals surface area (Å²) in [6, 6.07) is 13.8. The summed E-state index contributed by atoms with van der Waals surface area (Å²) in [5.41, 5.74) is 3.91. The standard InChI is InChI=1S/C18H20BrNO/c1-3-4-5-14-7-9-15(10-8-14)20-18(21)16-11-6-13(2)12-17(16)19/h6-12H,3-5H2,1-2H3,(H,20,21). The highest BCUT2D eigenvalue weighted by atomic mass is 79.9. The molecule has 0 heterocycles. The van der Waals surface area contributed by atoms with Crippen LogP contribution in [-0.2, 0) is 6.42 Å². The van der Waals surface area contributed by atoms with Crippen molar-refractivity contribution in [3.8, 4) is 0 Å². The zero-order valence-corrected chi connectivity index (χ0v) is 14.0. The van der Waals surface area contributed by atoms with Gasteiger partial charge in [0.25, 0.3) is 5.91 Å². The van der Waals surface area contributed by atoms with E-state index in [1.807, 2.05) is 37.3 Å². The summed E-state index contributed by atoms with van der Waals surface area (Å²) in [6.07, 6.45) is 3.48. The fourth-order valence-electron chi connectivity index (χ4n) is 2.14. The van der Waals surface area contributed by atoms with E-state index in [-0.39, 0.29) is 5.91 Å². The summed E-state index contributed by atoms with van der Waals surface area (Å²) in [7, 11) is 0. The summed E-state index contributed by atoms with van der Waals surface area (Å²) in [6.45, 7) is 4.19. The zero-order valence-electron chi connectivity index (χ0n) is 12.4. The molecule has 0 unspecified atom stereocenters. The highest BCUT2D eigenvalue weighted by molar-refractivity contribution is 9.10. The first-order valence-corrected chi connectivity index (χ1v) is 8.06. The van der Waals surface area contributed by atoms with Gasteiger partial charge >= 0.3 is 0 Å². The monoisotopic (exact) mass is 345 g/mol. The van der Waals surface area contributed by atoms with Gasteiger partial charge in [0.2, 0.25) is 0 Å². The number of halogens is 1. The van der Waals surface area contributed by atoms with Gasteiger partial charge in [-0.05, 0) is 71.1 Å². The first-order valence-electron chi connectivity index (χ1n) is 7.26. The minimum atomic E-state index is -0.0943. The third kappa shape index (κ3) is 4.43. The Morgan fingerprint density at radius 3 is 2.48 bits per heavy atom. The molecule has 0 radical (unpaired) electrons. The second kappa shape index (κ2) is 7.41. The Hall–Kier alpha value is -1.61. The van der Waals surface area contributed by atoms with E-state index >= 15 is 0 Å². The molecule has 0 saturated carbocycles.